The van der Waals surface area contributed by atoms with Gasteiger partial charge in [0.05, 0.1) is 6.61 Å². The van der Waals surface area contributed by atoms with Crippen LogP contribution in [0.4, 0.5) is 39.5 Å². The van der Waals surface area contributed by atoms with Crippen LogP contribution in [0.2, 0.25) is 0 Å². The van der Waals surface area contributed by atoms with E-state index in [4.69, 9.17) is 0 Å². The Morgan fingerprint density at radius 2 is 1.28 bits per heavy atom. The molecule has 0 unspecified atom stereocenters. The first-order valence-electron chi connectivity index (χ1n) is 7.26. The van der Waals surface area contributed by atoms with Gasteiger partial charge in [-0.2, -0.15) is 39.5 Å². The van der Waals surface area contributed by atoms with E-state index in [9.17, 15) is 39.5 Å². The molecule has 0 N–H and O–H groups in total. The van der Waals surface area contributed by atoms with Crippen molar-refractivity contribution in [1.82, 2.24) is 0 Å². The van der Waals surface area contributed by atoms with Crippen LogP contribution in [0, 0.1) is 0 Å². The SMILES string of the molecule is CCCCCCCCOC(=S)SC(F)(F)C(F)(F)C(F)(F)C(F)(F)F. The number of ether oxygens (including phenoxy) is 1. The minimum atomic E-state index is -6.93. The van der Waals surface area contributed by atoms with Crippen molar-refractivity contribution in [2.24, 2.45) is 0 Å². The van der Waals surface area contributed by atoms with Crippen LogP contribution in [0.15, 0.2) is 0 Å². The highest BCUT2D eigenvalue weighted by Crippen LogP contribution is 2.56. The Hall–Kier alpha value is -0.390. The number of unbranched alkanes of at least 4 members (excludes halogenated alkanes) is 5. The van der Waals surface area contributed by atoms with E-state index in [0.717, 1.165) is 25.7 Å². The van der Waals surface area contributed by atoms with Crippen LogP contribution >= 0.6 is 24.0 Å². The summed E-state index contributed by atoms with van der Waals surface area (Å²) in [6, 6.07) is 0. The summed E-state index contributed by atoms with van der Waals surface area (Å²) in [6.07, 6.45) is -2.08. The maximum Gasteiger partial charge on any atom is 0.460 e. The second kappa shape index (κ2) is 9.52. The fourth-order valence-corrected chi connectivity index (χ4v) is 2.60. The summed E-state index contributed by atoms with van der Waals surface area (Å²) in [5.74, 6) is -13.6. The average Bonchev–Trinajstić information content (AvgIpc) is 2.44. The van der Waals surface area contributed by atoms with E-state index in [2.05, 4.69) is 17.0 Å². The molecule has 0 bridgehead atoms. The van der Waals surface area contributed by atoms with Crippen LogP contribution in [-0.2, 0) is 4.74 Å². The van der Waals surface area contributed by atoms with E-state index in [-0.39, 0.29) is 6.61 Å². The molecule has 0 aromatic heterocycles. The normalized spacial score (nSPS) is 13.8. The summed E-state index contributed by atoms with van der Waals surface area (Å²) in [5.41, 5.74) is 0. The molecule has 0 aliphatic carbocycles. The van der Waals surface area contributed by atoms with Gasteiger partial charge in [-0.25, -0.2) is 0 Å². The molecule has 0 spiro atoms. The molecule has 0 aromatic carbocycles. The first-order valence-corrected chi connectivity index (χ1v) is 8.49. The minimum Gasteiger partial charge on any atom is -0.478 e. The Balaban J connectivity index is 4.57. The van der Waals surface area contributed by atoms with Crippen molar-refractivity contribution < 1.29 is 44.3 Å². The Bertz CT molecular complexity index is 424. The van der Waals surface area contributed by atoms with Gasteiger partial charge in [0.25, 0.3) is 0 Å². The maximum atomic E-state index is 13.3. The summed E-state index contributed by atoms with van der Waals surface area (Å²) < 4.78 is 117. The molecule has 0 rings (SSSR count). The molecule has 0 amide bonds. The quantitative estimate of drug-likeness (QED) is 0.217. The van der Waals surface area contributed by atoms with Gasteiger partial charge in [-0.1, -0.05) is 39.0 Å². The highest BCUT2D eigenvalue weighted by atomic mass is 32.2. The van der Waals surface area contributed by atoms with Crippen molar-refractivity contribution in [3.05, 3.63) is 0 Å². The molecule has 0 fully saturated rings. The topological polar surface area (TPSA) is 9.23 Å². The largest absolute Gasteiger partial charge is 0.478 e. The predicted octanol–water partition coefficient (Wildman–Crippen LogP) is 6.81. The third-order valence-electron chi connectivity index (χ3n) is 3.05. The van der Waals surface area contributed by atoms with Gasteiger partial charge >= 0.3 is 23.3 Å². The summed E-state index contributed by atoms with van der Waals surface area (Å²) >= 11 is 2.88. The van der Waals surface area contributed by atoms with Crippen molar-refractivity contribution >= 4 is 28.4 Å². The van der Waals surface area contributed by atoms with Crippen LogP contribution in [0.1, 0.15) is 45.4 Å². The first-order chi connectivity index (χ1) is 11.2. The summed E-state index contributed by atoms with van der Waals surface area (Å²) in [7, 11) is 0. The number of rotatable bonds is 10. The van der Waals surface area contributed by atoms with E-state index < -0.39 is 39.4 Å². The van der Waals surface area contributed by atoms with Crippen molar-refractivity contribution in [3.8, 4) is 0 Å². The molecule has 0 atom stereocenters. The number of hydrogen-bond acceptors (Lipinski definition) is 3. The number of thiocarbonyl (C=S) groups is 1. The lowest BCUT2D eigenvalue weighted by atomic mass is 10.1. The Morgan fingerprint density at radius 3 is 1.76 bits per heavy atom. The van der Waals surface area contributed by atoms with Gasteiger partial charge in [0.1, 0.15) is 0 Å². The molecule has 0 aliphatic rings. The zero-order valence-electron chi connectivity index (χ0n) is 13.1. The van der Waals surface area contributed by atoms with Crippen LogP contribution < -0.4 is 0 Å². The van der Waals surface area contributed by atoms with Crippen LogP contribution in [0.25, 0.3) is 0 Å². The van der Waals surface area contributed by atoms with E-state index >= 15 is 0 Å². The van der Waals surface area contributed by atoms with Crippen molar-refractivity contribution in [3.63, 3.8) is 0 Å². The molecule has 0 aliphatic heterocycles. The van der Waals surface area contributed by atoms with Crippen molar-refractivity contribution in [2.75, 3.05) is 6.61 Å². The molecule has 150 valence electrons. The fraction of sp³-hybridized carbons (Fsp3) is 0.923. The summed E-state index contributed by atoms with van der Waals surface area (Å²) in [5, 5.41) is -5.80. The predicted molar refractivity (Wildman–Crippen MR) is 80.4 cm³/mol. The average molecular weight is 424 g/mol. The third-order valence-corrected chi connectivity index (χ3v) is 4.21. The minimum absolute atomic E-state index is 0.227. The number of hydrogen-bond donors (Lipinski definition) is 0. The highest BCUT2D eigenvalue weighted by Gasteiger charge is 2.82. The van der Waals surface area contributed by atoms with Crippen LogP contribution in [-0.4, -0.2) is 34.3 Å². The van der Waals surface area contributed by atoms with Gasteiger partial charge in [-0.05, 0) is 18.6 Å². The molecule has 0 saturated heterocycles. The van der Waals surface area contributed by atoms with E-state index in [1.807, 2.05) is 6.92 Å². The number of halogens is 9. The van der Waals surface area contributed by atoms with Crippen molar-refractivity contribution in [2.45, 2.75) is 68.7 Å². The summed E-state index contributed by atoms with van der Waals surface area (Å²) in [4.78, 5) is 0. The number of alkyl halides is 9. The van der Waals surface area contributed by atoms with E-state index in [0.29, 0.717) is 12.8 Å². The highest BCUT2D eigenvalue weighted by molar-refractivity contribution is 8.23. The zero-order valence-corrected chi connectivity index (χ0v) is 14.7. The monoisotopic (exact) mass is 424 g/mol. The molecule has 0 saturated carbocycles. The molecule has 25 heavy (non-hydrogen) atoms. The second-order valence-corrected chi connectivity index (χ2v) is 6.85. The Morgan fingerprint density at radius 1 is 0.800 bits per heavy atom. The Kier molecular flexibility index (Phi) is 9.37. The van der Waals surface area contributed by atoms with E-state index in [1.54, 1.807) is 0 Å². The Labute approximate surface area is 148 Å². The molecule has 1 nitrogen and oxygen atoms in total. The van der Waals surface area contributed by atoms with Gasteiger partial charge in [-0.3, -0.25) is 0 Å². The third kappa shape index (κ3) is 6.69. The lowest BCUT2D eigenvalue weighted by Crippen LogP contribution is -2.59. The van der Waals surface area contributed by atoms with E-state index in [1.165, 1.54) is 0 Å². The van der Waals surface area contributed by atoms with Gasteiger partial charge in [-0.15, -0.1) is 0 Å². The van der Waals surface area contributed by atoms with Gasteiger partial charge in [0.15, 0.2) is 0 Å². The molecule has 0 heterocycles. The lowest BCUT2D eigenvalue weighted by Gasteiger charge is -2.32. The molecular formula is C13H17F9OS2. The lowest BCUT2D eigenvalue weighted by molar-refractivity contribution is -0.381. The zero-order chi connectivity index (χ0) is 19.9. The van der Waals surface area contributed by atoms with Crippen molar-refractivity contribution in [1.29, 1.82) is 0 Å². The molecule has 0 radical (unpaired) electrons. The molecular weight excluding hydrogens is 407 g/mol. The standard InChI is InChI=1S/C13H17F9OS2/c1-2-3-4-5-6-7-8-23-9(24)25-13(21,22)11(16,17)10(14,15)12(18,19)20/h2-8H2,1H3. The van der Waals surface area contributed by atoms with Crippen LogP contribution in [0.3, 0.4) is 0 Å². The molecule has 12 heteroatoms. The molecule has 0 aromatic rings. The van der Waals surface area contributed by atoms with Gasteiger partial charge < -0.3 is 4.74 Å². The second-order valence-electron chi connectivity index (χ2n) is 5.13. The smallest absolute Gasteiger partial charge is 0.460 e. The maximum absolute atomic E-state index is 13.3. The fourth-order valence-electron chi connectivity index (χ4n) is 1.60. The van der Waals surface area contributed by atoms with Gasteiger partial charge in [0.2, 0.25) is 4.38 Å². The summed E-state index contributed by atoms with van der Waals surface area (Å²) in [6.45, 7) is 1.77. The van der Waals surface area contributed by atoms with Crippen LogP contribution in [0.5, 0.6) is 0 Å². The van der Waals surface area contributed by atoms with Gasteiger partial charge in [0, 0.05) is 11.8 Å². The number of thioether (sulfide) groups is 1. The first kappa shape index (κ1) is 24.6.